The molecule has 0 saturated carbocycles. The summed E-state index contributed by atoms with van der Waals surface area (Å²) in [7, 11) is -4.02. The van der Waals surface area contributed by atoms with E-state index in [-0.39, 0.29) is 21.0 Å². The van der Waals surface area contributed by atoms with Crippen LogP contribution in [0.5, 0.6) is 0 Å². The number of anilines is 1. The van der Waals surface area contributed by atoms with Gasteiger partial charge in [0.25, 0.3) is 15.7 Å². The molecule has 0 bridgehead atoms. The lowest BCUT2D eigenvalue weighted by Crippen LogP contribution is -2.14. The summed E-state index contributed by atoms with van der Waals surface area (Å²) in [5.41, 5.74) is 0.283. The largest absolute Gasteiger partial charge is 0.295 e. The lowest BCUT2D eigenvalue weighted by molar-refractivity contribution is -0.383. The minimum absolute atomic E-state index is 0.000566. The van der Waals surface area contributed by atoms with Crippen molar-refractivity contribution in [2.75, 3.05) is 4.72 Å². The quantitative estimate of drug-likeness (QED) is 0.548. The molecule has 1 N–H and O–H groups in total. The highest BCUT2D eigenvalue weighted by atomic mass is 35.5. The molecule has 0 aliphatic rings. The van der Waals surface area contributed by atoms with Crippen molar-refractivity contribution in [2.45, 2.75) is 11.8 Å². The summed E-state index contributed by atoms with van der Waals surface area (Å²) in [5.74, 6) is 0. The Hall–Kier alpha value is -2.71. The highest BCUT2D eigenvalue weighted by Gasteiger charge is 2.25. The third-order valence-corrected chi connectivity index (χ3v) is 5.31. The van der Waals surface area contributed by atoms with Crippen LogP contribution in [0.1, 0.15) is 5.56 Å². The van der Waals surface area contributed by atoms with Crippen LogP contribution in [-0.4, -0.2) is 18.3 Å². The fourth-order valence-corrected chi connectivity index (χ4v) is 3.74. The van der Waals surface area contributed by atoms with Gasteiger partial charge in [-0.1, -0.05) is 29.3 Å². The molecule has 128 valence electrons. The molecule has 0 aliphatic heterocycles. The standard InChI is InChI=1S/C16H12ClN3O4S/c1-10-2-4-11(5-3-10)25(23,24)19-16-13-9-18-7-6-12(13)14(17)8-15(16)20(21)22/h2-9,19H,1H3. The van der Waals surface area contributed by atoms with Gasteiger partial charge in [0.1, 0.15) is 5.69 Å². The number of nitrogens with one attached hydrogen (secondary N) is 1. The van der Waals surface area contributed by atoms with Crippen molar-refractivity contribution in [3.63, 3.8) is 0 Å². The molecular formula is C16H12ClN3O4S. The zero-order valence-electron chi connectivity index (χ0n) is 12.9. The van der Waals surface area contributed by atoms with Crippen LogP contribution in [0.15, 0.2) is 53.7 Å². The number of nitro benzene ring substituents is 1. The van der Waals surface area contributed by atoms with Crippen LogP contribution < -0.4 is 4.72 Å². The van der Waals surface area contributed by atoms with Gasteiger partial charge >= 0.3 is 0 Å². The van der Waals surface area contributed by atoms with E-state index in [1.807, 2.05) is 6.92 Å². The summed E-state index contributed by atoms with van der Waals surface area (Å²) in [6, 6.07) is 8.83. The minimum atomic E-state index is -4.02. The van der Waals surface area contributed by atoms with Crippen LogP contribution in [0.3, 0.4) is 0 Å². The molecule has 0 spiro atoms. The van der Waals surface area contributed by atoms with Gasteiger partial charge in [-0.05, 0) is 25.1 Å². The summed E-state index contributed by atoms with van der Waals surface area (Å²) in [6.07, 6.45) is 2.81. The average molecular weight is 378 g/mol. The lowest BCUT2D eigenvalue weighted by atomic mass is 10.1. The predicted molar refractivity (Wildman–Crippen MR) is 95.4 cm³/mol. The maximum Gasteiger partial charge on any atom is 0.295 e. The van der Waals surface area contributed by atoms with Crippen LogP contribution in [0.2, 0.25) is 5.02 Å². The topological polar surface area (TPSA) is 102 Å². The van der Waals surface area contributed by atoms with Crippen LogP contribution in [0, 0.1) is 17.0 Å². The van der Waals surface area contributed by atoms with E-state index in [0.717, 1.165) is 11.6 Å². The van der Waals surface area contributed by atoms with Gasteiger partial charge in [-0.15, -0.1) is 0 Å². The van der Waals surface area contributed by atoms with Gasteiger partial charge in [-0.2, -0.15) is 0 Å². The molecule has 0 aliphatic carbocycles. The maximum absolute atomic E-state index is 12.6. The smallest absolute Gasteiger partial charge is 0.272 e. The normalized spacial score (nSPS) is 11.4. The lowest BCUT2D eigenvalue weighted by Gasteiger charge is -2.12. The summed E-state index contributed by atoms with van der Waals surface area (Å²) >= 11 is 6.07. The van der Waals surface area contributed by atoms with Gasteiger partial charge in [0.05, 0.1) is 14.8 Å². The van der Waals surface area contributed by atoms with E-state index in [1.54, 1.807) is 18.2 Å². The van der Waals surface area contributed by atoms with Crippen LogP contribution in [0.25, 0.3) is 10.8 Å². The molecular weight excluding hydrogens is 366 g/mol. The second-order valence-electron chi connectivity index (χ2n) is 5.35. The molecule has 0 saturated heterocycles. The monoisotopic (exact) mass is 377 g/mol. The molecule has 7 nitrogen and oxygen atoms in total. The first-order valence-corrected chi connectivity index (χ1v) is 8.96. The van der Waals surface area contributed by atoms with Crippen molar-refractivity contribution < 1.29 is 13.3 Å². The van der Waals surface area contributed by atoms with Crippen molar-refractivity contribution in [1.29, 1.82) is 0 Å². The van der Waals surface area contributed by atoms with E-state index < -0.39 is 20.6 Å². The van der Waals surface area contributed by atoms with Gasteiger partial charge in [-0.3, -0.25) is 19.8 Å². The van der Waals surface area contributed by atoms with E-state index in [1.165, 1.54) is 24.5 Å². The van der Waals surface area contributed by atoms with Crippen LogP contribution in [0.4, 0.5) is 11.4 Å². The number of benzene rings is 2. The molecule has 0 atom stereocenters. The first-order valence-electron chi connectivity index (χ1n) is 7.10. The number of nitrogens with zero attached hydrogens (tertiary/aromatic N) is 2. The van der Waals surface area contributed by atoms with Crippen LogP contribution in [-0.2, 0) is 10.0 Å². The van der Waals surface area contributed by atoms with E-state index in [9.17, 15) is 18.5 Å². The van der Waals surface area contributed by atoms with E-state index >= 15 is 0 Å². The Morgan fingerprint density at radius 3 is 2.48 bits per heavy atom. The minimum Gasteiger partial charge on any atom is -0.272 e. The Bertz CT molecular complexity index is 1080. The Morgan fingerprint density at radius 2 is 1.84 bits per heavy atom. The fraction of sp³-hybridized carbons (Fsp3) is 0.0625. The number of hydrogen-bond acceptors (Lipinski definition) is 5. The van der Waals surface area contributed by atoms with Crippen molar-refractivity contribution in [3.8, 4) is 0 Å². The van der Waals surface area contributed by atoms with Crippen molar-refractivity contribution in [2.24, 2.45) is 0 Å². The number of sulfonamides is 1. The highest BCUT2D eigenvalue weighted by Crippen LogP contribution is 2.38. The summed E-state index contributed by atoms with van der Waals surface area (Å²) in [4.78, 5) is 14.6. The summed E-state index contributed by atoms with van der Waals surface area (Å²) in [5, 5.41) is 12.2. The van der Waals surface area contributed by atoms with Crippen molar-refractivity contribution in [1.82, 2.24) is 4.98 Å². The second kappa shape index (κ2) is 6.30. The molecule has 0 amide bonds. The number of fused-ring (bicyclic) bond motifs is 1. The Kier molecular flexibility index (Phi) is 4.32. The van der Waals surface area contributed by atoms with Gasteiger partial charge in [0.2, 0.25) is 0 Å². The number of aryl methyl sites for hydroxylation is 1. The number of hydrogen-bond donors (Lipinski definition) is 1. The van der Waals surface area contributed by atoms with Crippen molar-refractivity contribution in [3.05, 3.63) is 69.5 Å². The fourth-order valence-electron chi connectivity index (χ4n) is 2.37. The molecule has 1 heterocycles. The first kappa shape index (κ1) is 17.1. The molecule has 0 radical (unpaired) electrons. The van der Waals surface area contributed by atoms with E-state index in [0.29, 0.717) is 5.39 Å². The Morgan fingerprint density at radius 1 is 1.16 bits per heavy atom. The Labute approximate surface area is 148 Å². The summed E-state index contributed by atoms with van der Waals surface area (Å²) < 4.78 is 27.6. The van der Waals surface area contributed by atoms with Crippen molar-refractivity contribution >= 4 is 43.8 Å². The first-order chi connectivity index (χ1) is 11.8. The SMILES string of the molecule is Cc1ccc(S(=O)(=O)Nc2c([N+](=O)[O-])cc(Cl)c3ccncc23)cc1. The van der Waals surface area contributed by atoms with E-state index in [2.05, 4.69) is 9.71 Å². The number of nitro groups is 1. The van der Waals surface area contributed by atoms with Gasteiger partial charge < -0.3 is 0 Å². The van der Waals surface area contributed by atoms with Gasteiger partial charge in [0.15, 0.2) is 0 Å². The highest BCUT2D eigenvalue weighted by molar-refractivity contribution is 7.92. The Balaban J connectivity index is 2.21. The van der Waals surface area contributed by atoms with E-state index in [4.69, 9.17) is 11.6 Å². The zero-order chi connectivity index (χ0) is 18.2. The predicted octanol–water partition coefficient (Wildman–Crippen LogP) is 3.91. The molecule has 0 unspecified atom stereocenters. The molecule has 3 aromatic rings. The number of aromatic nitrogens is 1. The third-order valence-electron chi connectivity index (χ3n) is 3.63. The van der Waals surface area contributed by atoms with Gasteiger partial charge in [-0.25, -0.2) is 8.42 Å². The molecule has 1 aromatic heterocycles. The van der Waals surface area contributed by atoms with Gasteiger partial charge in [0, 0.05) is 29.2 Å². The third kappa shape index (κ3) is 3.26. The summed E-state index contributed by atoms with van der Waals surface area (Å²) in [6.45, 7) is 1.83. The maximum atomic E-state index is 12.6. The molecule has 3 rings (SSSR count). The molecule has 9 heteroatoms. The number of halogens is 1. The molecule has 2 aromatic carbocycles. The number of rotatable bonds is 4. The molecule has 25 heavy (non-hydrogen) atoms. The van der Waals surface area contributed by atoms with Crippen LogP contribution >= 0.6 is 11.6 Å². The number of pyridine rings is 1. The molecule has 0 fully saturated rings. The average Bonchev–Trinajstić information content (AvgIpc) is 2.57. The zero-order valence-corrected chi connectivity index (χ0v) is 14.5. The second-order valence-corrected chi connectivity index (χ2v) is 7.44.